The minimum absolute atomic E-state index is 0.122. The number of hydrogen-bond acceptors (Lipinski definition) is 5. The van der Waals surface area contributed by atoms with Gasteiger partial charge >= 0.3 is 0 Å². The third-order valence-electron chi connectivity index (χ3n) is 2.47. The average Bonchev–Trinajstić information content (AvgIpc) is 2.84. The fraction of sp³-hybridized carbons (Fsp3) is 0.333. The molecule has 2 N–H and O–H groups in total. The van der Waals surface area contributed by atoms with E-state index in [-0.39, 0.29) is 11.5 Å². The van der Waals surface area contributed by atoms with Crippen LogP contribution in [0.25, 0.3) is 11.5 Å². The van der Waals surface area contributed by atoms with Crippen molar-refractivity contribution >= 4 is 0 Å². The molecule has 1 aromatic carbocycles. The molecule has 0 fully saturated rings. The molecule has 1 heterocycles. The zero-order chi connectivity index (χ0) is 13.0. The molecule has 18 heavy (non-hydrogen) atoms. The van der Waals surface area contributed by atoms with E-state index in [9.17, 15) is 4.39 Å². The molecule has 0 aliphatic heterocycles. The molecule has 96 valence electrons. The topological polar surface area (TPSA) is 74.2 Å². The number of aryl methyl sites for hydroxylation is 1. The second-order valence-corrected chi connectivity index (χ2v) is 3.71. The van der Waals surface area contributed by atoms with E-state index >= 15 is 0 Å². The highest BCUT2D eigenvalue weighted by Crippen LogP contribution is 2.31. The molecular weight excluding hydrogens is 237 g/mol. The third-order valence-corrected chi connectivity index (χ3v) is 2.47. The zero-order valence-corrected chi connectivity index (χ0v) is 10.0. The van der Waals surface area contributed by atoms with Crippen LogP contribution in [-0.4, -0.2) is 23.9 Å². The van der Waals surface area contributed by atoms with Crippen molar-refractivity contribution in [2.24, 2.45) is 5.73 Å². The molecule has 0 aliphatic carbocycles. The molecule has 0 radical (unpaired) electrons. The normalized spacial score (nSPS) is 10.6. The van der Waals surface area contributed by atoms with Crippen molar-refractivity contribution < 1.29 is 13.5 Å². The summed E-state index contributed by atoms with van der Waals surface area (Å²) in [6.07, 6.45) is 1.33. The van der Waals surface area contributed by atoms with Crippen LogP contribution in [0.5, 0.6) is 5.75 Å². The monoisotopic (exact) mass is 251 g/mol. The predicted molar refractivity (Wildman–Crippen MR) is 63.6 cm³/mol. The molecule has 0 aliphatic rings. The molecule has 6 heteroatoms. The van der Waals surface area contributed by atoms with Crippen molar-refractivity contribution in [2.45, 2.75) is 12.8 Å². The van der Waals surface area contributed by atoms with Gasteiger partial charge in [-0.05, 0) is 25.1 Å². The number of rotatable bonds is 5. The van der Waals surface area contributed by atoms with Crippen molar-refractivity contribution in [3.8, 4) is 17.2 Å². The van der Waals surface area contributed by atoms with Crippen molar-refractivity contribution in [2.75, 3.05) is 13.7 Å². The quantitative estimate of drug-likeness (QED) is 0.876. The Labute approximate surface area is 104 Å². The molecular formula is C12H14FN3O2. The van der Waals surface area contributed by atoms with Gasteiger partial charge in [-0.15, -0.1) is 10.2 Å². The molecule has 0 spiro atoms. The molecule has 1 aromatic heterocycles. The highest BCUT2D eigenvalue weighted by Gasteiger charge is 2.17. The van der Waals surface area contributed by atoms with E-state index in [4.69, 9.17) is 14.9 Å². The summed E-state index contributed by atoms with van der Waals surface area (Å²) in [5.41, 5.74) is 5.58. The molecule has 2 aromatic rings. The van der Waals surface area contributed by atoms with Gasteiger partial charge in [-0.3, -0.25) is 0 Å². The summed E-state index contributed by atoms with van der Waals surface area (Å²) in [7, 11) is 1.46. The Kier molecular flexibility index (Phi) is 3.88. The molecule has 5 nitrogen and oxygen atoms in total. The Bertz CT molecular complexity index is 528. The predicted octanol–water partition coefficient (Wildman–Crippen LogP) is 1.78. The minimum Gasteiger partial charge on any atom is -0.496 e. The highest BCUT2D eigenvalue weighted by atomic mass is 19.1. The van der Waals surface area contributed by atoms with Crippen LogP contribution in [0.4, 0.5) is 4.39 Å². The second kappa shape index (κ2) is 5.59. The van der Waals surface area contributed by atoms with Gasteiger partial charge < -0.3 is 14.9 Å². The summed E-state index contributed by atoms with van der Waals surface area (Å²) < 4.78 is 24.2. The maximum atomic E-state index is 13.8. The van der Waals surface area contributed by atoms with Gasteiger partial charge in [0.1, 0.15) is 17.1 Å². The van der Waals surface area contributed by atoms with E-state index in [2.05, 4.69) is 10.2 Å². The maximum absolute atomic E-state index is 13.8. The summed E-state index contributed by atoms with van der Waals surface area (Å²) in [5, 5.41) is 7.68. The number of ether oxygens (including phenoxy) is 1. The van der Waals surface area contributed by atoms with Crippen molar-refractivity contribution in [3.05, 3.63) is 29.9 Å². The number of nitrogens with two attached hydrogens (primary N) is 1. The first-order valence-electron chi connectivity index (χ1n) is 5.61. The van der Waals surface area contributed by atoms with Crippen LogP contribution in [0.15, 0.2) is 22.6 Å². The molecule has 0 atom stereocenters. The van der Waals surface area contributed by atoms with Gasteiger partial charge in [0.25, 0.3) is 5.89 Å². The van der Waals surface area contributed by atoms with Crippen LogP contribution in [-0.2, 0) is 6.42 Å². The first kappa shape index (κ1) is 12.5. The van der Waals surface area contributed by atoms with Gasteiger partial charge in [0, 0.05) is 6.42 Å². The maximum Gasteiger partial charge on any atom is 0.254 e. The third kappa shape index (κ3) is 2.48. The molecule has 0 amide bonds. The van der Waals surface area contributed by atoms with Gasteiger partial charge in [-0.25, -0.2) is 4.39 Å². The van der Waals surface area contributed by atoms with Crippen LogP contribution < -0.4 is 10.5 Å². The Balaban J connectivity index is 2.33. The van der Waals surface area contributed by atoms with Gasteiger partial charge in [0.15, 0.2) is 0 Å². The summed E-state index contributed by atoms with van der Waals surface area (Å²) in [5.74, 6) is 0.477. The summed E-state index contributed by atoms with van der Waals surface area (Å²) in [6, 6.07) is 4.52. The number of halogens is 1. The van der Waals surface area contributed by atoms with Crippen molar-refractivity contribution in [1.82, 2.24) is 10.2 Å². The fourth-order valence-electron chi connectivity index (χ4n) is 1.59. The van der Waals surface area contributed by atoms with Crippen LogP contribution in [0, 0.1) is 5.82 Å². The van der Waals surface area contributed by atoms with Crippen LogP contribution in [0.3, 0.4) is 0 Å². The first-order valence-corrected chi connectivity index (χ1v) is 5.61. The van der Waals surface area contributed by atoms with Crippen molar-refractivity contribution in [3.63, 3.8) is 0 Å². The summed E-state index contributed by atoms with van der Waals surface area (Å²) >= 11 is 0. The number of methoxy groups -OCH3 is 1. The van der Waals surface area contributed by atoms with Gasteiger partial charge in [0.2, 0.25) is 5.89 Å². The standard InChI is InChI=1S/C12H14FN3O2/c1-17-9-5-2-4-8(13)11(9)12-16-15-10(18-12)6-3-7-14/h2,4-5H,3,6-7,14H2,1H3. The van der Waals surface area contributed by atoms with Crippen molar-refractivity contribution in [1.29, 1.82) is 0 Å². The number of benzene rings is 1. The number of aromatic nitrogens is 2. The average molecular weight is 251 g/mol. The van der Waals surface area contributed by atoms with Gasteiger partial charge in [0.05, 0.1) is 7.11 Å². The molecule has 0 bridgehead atoms. The first-order chi connectivity index (χ1) is 8.76. The van der Waals surface area contributed by atoms with Gasteiger partial charge in [-0.2, -0.15) is 0 Å². The number of hydrogen-bond donors (Lipinski definition) is 1. The van der Waals surface area contributed by atoms with E-state index < -0.39 is 5.82 Å². The summed E-state index contributed by atoms with van der Waals surface area (Å²) in [6.45, 7) is 0.542. The molecule has 0 saturated heterocycles. The van der Waals surface area contributed by atoms with E-state index in [1.165, 1.54) is 13.2 Å². The molecule has 2 rings (SSSR count). The van der Waals surface area contributed by atoms with Crippen LogP contribution >= 0.6 is 0 Å². The lowest BCUT2D eigenvalue weighted by molar-refractivity contribution is 0.409. The molecule has 0 saturated carbocycles. The van der Waals surface area contributed by atoms with E-state index in [1.54, 1.807) is 12.1 Å². The Hall–Kier alpha value is -1.95. The summed E-state index contributed by atoms with van der Waals surface area (Å²) in [4.78, 5) is 0. The van der Waals surface area contributed by atoms with E-state index in [0.717, 1.165) is 6.42 Å². The Morgan fingerprint density at radius 2 is 2.22 bits per heavy atom. The number of nitrogens with zero attached hydrogens (tertiary/aromatic N) is 2. The van der Waals surface area contributed by atoms with Crippen LogP contribution in [0.2, 0.25) is 0 Å². The fourth-order valence-corrected chi connectivity index (χ4v) is 1.59. The van der Waals surface area contributed by atoms with E-state index in [1.807, 2.05) is 0 Å². The lowest BCUT2D eigenvalue weighted by atomic mass is 10.2. The SMILES string of the molecule is COc1cccc(F)c1-c1nnc(CCCN)o1. The largest absolute Gasteiger partial charge is 0.496 e. The minimum atomic E-state index is -0.455. The lowest BCUT2D eigenvalue weighted by Gasteiger charge is -2.05. The highest BCUT2D eigenvalue weighted by molar-refractivity contribution is 5.63. The van der Waals surface area contributed by atoms with E-state index in [0.29, 0.717) is 24.6 Å². The Morgan fingerprint density at radius 1 is 1.39 bits per heavy atom. The smallest absolute Gasteiger partial charge is 0.254 e. The lowest BCUT2D eigenvalue weighted by Crippen LogP contribution is -2.00. The van der Waals surface area contributed by atoms with Crippen LogP contribution in [0.1, 0.15) is 12.3 Å². The second-order valence-electron chi connectivity index (χ2n) is 3.71. The Morgan fingerprint density at radius 3 is 2.94 bits per heavy atom. The molecule has 0 unspecified atom stereocenters. The zero-order valence-electron chi connectivity index (χ0n) is 10.0. The van der Waals surface area contributed by atoms with Gasteiger partial charge in [-0.1, -0.05) is 6.07 Å².